The zero-order chi connectivity index (χ0) is 27.3. The molecule has 10 nitrogen and oxygen atoms in total. The maximum atomic E-state index is 13.5. The van der Waals surface area contributed by atoms with Crippen molar-refractivity contribution in [3.05, 3.63) is 53.6 Å². The van der Waals surface area contributed by atoms with Gasteiger partial charge in [0.2, 0.25) is 5.91 Å². The van der Waals surface area contributed by atoms with Crippen LogP contribution in [0.4, 0.5) is 0 Å². The van der Waals surface area contributed by atoms with E-state index in [1.807, 2.05) is 30.3 Å². The lowest BCUT2D eigenvalue weighted by Crippen LogP contribution is -2.41. The summed E-state index contributed by atoms with van der Waals surface area (Å²) in [4.78, 5) is 20.0. The molecular weight excluding hydrogens is 508 g/mol. The van der Waals surface area contributed by atoms with Crippen molar-refractivity contribution >= 4 is 15.9 Å². The van der Waals surface area contributed by atoms with E-state index < -0.39 is 10.0 Å². The van der Waals surface area contributed by atoms with E-state index in [1.54, 1.807) is 23.0 Å². The number of carbonyl (C=O) groups is 1. The number of amides is 1. The molecule has 4 rings (SSSR count). The van der Waals surface area contributed by atoms with Crippen LogP contribution in [0.2, 0.25) is 0 Å². The first-order chi connectivity index (χ1) is 18.2. The number of hydrogen-bond donors (Lipinski definition) is 2. The van der Waals surface area contributed by atoms with Crippen LogP contribution in [0.3, 0.4) is 0 Å². The number of likely N-dealkylation sites (tertiary alicyclic amines) is 1. The van der Waals surface area contributed by atoms with Gasteiger partial charge in [-0.15, -0.1) is 4.83 Å². The van der Waals surface area contributed by atoms with Crippen LogP contribution in [-0.2, 0) is 21.2 Å². The Morgan fingerprint density at radius 2 is 1.76 bits per heavy atom. The number of likely N-dealkylation sites (N-methyl/N-ethyl adjacent to an activating group) is 1. The summed E-state index contributed by atoms with van der Waals surface area (Å²) >= 11 is 0. The van der Waals surface area contributed by atoms with Gasteiger partial charge in [0.15, 0.2) is 11.5 Å². The van der Waals surface area contributed by atoms with Crippen molar-refractivity contribution in [2.45, 2.75) is 42.7 Å². The van der Waals surface area contributed by atoms with Gasteiger partial charge in [0, 0.05) is 45.8 Å². The number of ether oxygens (including phenoxy) is 2. The van der Waals surface area contributed by atoms with E-state index in [-0.39, 0.29) is 35.1 Å². The monoisotopic (exact) mass is 546 g/mol. The lowest BCUT2D eigenvalue weighted by atomic mass is 10.0. The van der Waals surface area contributed by atoms with E-state index in [0.717, 1.165) is 24.9 Å². The third-order valence-electron chi connectivity index (χ3n) is 7.25. The minimum atomic E-state index is -3.95. The summed E-state index contributed by atoms with van der Waals surface area (Å²) in [5.41, 5.74) is 1.39. The van der Waals surface area contributed by atoms with Crippen LogP contribution < -0.4 is 14.3 Å². The van der Waals surface area contributed by atoms with Crippen molar-refractivity contribution in [1.29, 1.82) is 0 Å². The summed E-state index contributed by atoms with van der Waals surface area (Å²) < 4.78 is 37.6. The first kappa shape index (κ1) is 28.3. The average Bonchev–Trinajstić information content (AvgIpc) is 3.58. The number of carbonyl (C=O) groups excluding carboxylic acids is 1. The summed E-state index contributed by atoms with van der Waals surface area (Å²) in [7, 11) is 0.687. The van der Waals surface area contributed by atoms with Crippen molar-refractivity contribution in [2.75, 3.05) is 54.0 Å². The number of aliphatic hydroxyl groups is 1. The van der Waals surface area contributed by atoms with Crippen LogP contribution >= 0.6 is 0 Å². The van der Waals surface area contributed by atoms with Crippen LogP contribution in [0.5, 0.6) is 11.5 Å². The van der Waals surface area contributed by atoms with Crippen molar-refractivity contribution in [3.8, 4) is 11.5 Å². The van der Waals surface area contributed by atoms with Crippen molar-refractivity contribution in [1.82, 2.24) is 19.6 Å². The second kappa shape index (κ2) is 12.4. The summed E-state index contributed by atoms with van der Waals surface area (Å²) in [5, 5.41) is 11.8. The molecule has 0 spiro atoms. The normalized spacial score (nSPS) is 19.4. The molecule has 38 heavy (non-hydrogen) atoms. The minimum Gasteiger partial charge on any atom is -0.493 e. The van der Waals surface area contributed by atoms with E-state index in [0.29, 0.717) is 43.9 Å². The Labute approximate surface area is 225 Å². The van der Waals surface area contributed by atoms with Crippen molar-refractivity contribution in [3.63, 3.8) is 0 Å². The molecule has 2 aliphatic heterocycles. The van der Waals surface area contributed by atoms with Gasteiger partial charge in [-0.2, -0.15) is 0 Å². The third kappa shape index (κ3) is 6.65. The first-order valence-corrected chi connectivity index (χ1v) is 14.4. The number of hydrazine groups is 1. The number of hydrogen-bond acceptors (Lipinski definition) is 8. The molecule has 208 valence electrons. The molecule has 2 heterocycles. The maximum Gasteiger partial charge on any atom is 0.253 e. The fourth-order valence-corrected chi connectivity index (χ4v) is 6.49. The molecule has 2 aromatic rings. The molecule has 0 aromatic heterocycles. The Kier molecular flexibility index (Phi) is 9.27. The maximum absolute atomic E-state index is 13.5. The third-order valence-corrected chi connectivity index (χ3v) is 8.70. The average molecular weight is 547 g/mol. The van der Waals surface area contributed by atoms with Crippen LogP contribution in [-0.4, -0.2) is 94.3 Å². The Balaban J connectivity index is 1.58. The largest absolute Gasteiger partial charge is 0.493 e. The standard InChI is InChI=1S/C27H38N4O6S/c1-29(19-23(20-9-5-4-6-10-20)30-14-11-22(32)18-30)27(33)16-21-15-24(36-2)25(37-3)17-26(21)38(34,35)28-31-12-7-8-13-31/h4-6,9-10,15,17,22-23,28,32H,7-8,11-14,16,18-19H2,1-3H3/t22-,23-/m0/s1. The molecule has 2 saturated heterocycles. The topological polar surface area (TPSA) is 112 Å². The molecular formula is C27H38N4O6S. The SMILES string of the molecule is COc1cc(CC(=O)N(C)C[C@@H](c2ccccc2)N2CC[C@H](O)C2)c(S(=O)(=O)NN2CCCC2)cc1OC. The van der Waals surface area contributed by atoms with Gasteiger partial charge in [-0.3, -0.25) is 9.69 Å². The Hall–Kier alpha value is -2.70. The van der Waals surface area contributed by atoms with Gasteiger partial charge in [-0.1, -0.05) is 30.3 Å². The number of nitrogens with one attached hydrogen (secondary N) is 1. The first-order valence-electron chi connectivity index (χ1n) is 12.9. The fourth-order valence-electron chi connectivity index (χ4n) is 5.14. The van der Waals surface area contributed by atoms with Crippen LogP contribution in [0, 0.1) is 0 Å². The van der Waals surface area contributed by atoms with Gasteiger partial charge in [0.25, 0.3) is 10.0 Å². The van der Waals surface area contributed by atoms with E-state index in [1.165, 1.54) is 20.3 Å². The van der Waals surface area contributed by atoms with Gasteiger partial charge < -0.3 is 19.5 Å². The molecule has 0 unspecified atom stereocenters. The van der Waals surface area contributed by atoms with Crippen molar-refractivity contribution < 1.29 is 27.8 Å². The number of β-amino-alcohol motifs (C(OH)–C–C–N with tert-alkyl or cyclic N) is 1. The molecule has 2 fully saturated rings. The number of benzene rings is 2. The second-order valence-electron chi connectivity index (χ2n) is 9.92. The number of methoxy groups -OCH3 is 2. The minimum absolute atomic E-state index is 0.00826. The number of nitrogens with zero attached hydrogens (tertiary/aromatic N) is 3. The lowest BCUT2D eigenvalue weighted by molar-refractivity contribution is -0.130. The van der Waals surface area contributed by atoms with E-state index in [9.17, 15) is 18.3 Å². The highest BCUT2D eigenvalue weighted by Crippen LogP contribution is 2.34. The van der Waals surface area contributed by atoms with Gasteiger partial charge in [-0.05, 0) is 36.5 Å². The smallest absolute Gasteiger partial charge is 0.253 e. The summed E-state index contributed by atoms with van der Waals surface area (Å²) in [5.74, 6) is 0.400. The zero-order valence-corrected chi connectivity index (χ0v) is 23.1. The molecule has 1 amide bonds. The van der Waals surface area contributed by atoms with E-state index in [2.05, 4.69) is 9.73 Å². The van der Waals surface area contributed by atoms with Crippen LogP contribution in [0.1, 0.15) is 36.4 Å². The predicted molar refractivity (Wildman–Crippen MR) is 143 cm³/mol. The van der Waals surface area contributed by atoms with Crippen LogP contribution in [0.15, 0.2) is 47.4 Å². The van der Waals surface area contributed by atoms with Gasteiger partial charge in [0.05, 0.1) is 37.7 Å². The van der Waals surface area contributed by atoms with E-state index in [4.69, 9.17) is 9.47 Å². The van der Waals surface area contributed by atoms with Crippen LogP contribution in [0.25, 0.3) is 0 Å². The number of sulfonamides is 1. The lowest BCUT2D eigenvalue weighted by Gasteiger charge is -2.32. The van der Waals surface area contributed by atoms with Gasteiger partial charge in [-0.25, -0.2) is 13.4 Å². The zero-order valence-electron chi connectivity index (χ0n) is 22.3. The van der Waals surface area contributed by atoms with E-state index >= 15 is 0 Å². The molecule has 0 aliphatic carbocycles. The molecule has 11 heteroatoms. The molecule has 0 bridgehead atoms. The quantitative estimate of drug-likeness (QED) is 0.439. The Bertz CT molecular complexity index is 1200. The highest BCUT2D eigenvalue weighted by Gasteiger charge is 2.31. The molecule has 2 aromatic carbocycles. The second-order valence-corrected chi connectivity index (χ2v) is 11.5. The predicted octanol–water partition coefficient (Wildman–Crippen LogP) is 1.80. The summed E-state index contributed by atoms with van der Waals surface area (Å²) in [6.07, 6.45) is 2.02. The highest BCUT2D eigenvalue weighted by atomic mass is 32.2. The Morgan fingerprint density at radius 3 is 2.37 bits per heavy atom. The summed E-state index contributed by atoms with van der Waals surface area (Å²) in [6, 6.07) is 12.8. The molecule has 0 radical (unpaired) electrons. The molecule has 0 saturated carbocycles. The molecule has 2 N–H and O–H groups in total. The van der Waals surface area contributed by atoms with Crippen molar-refractivity contribution in [2.24, 2.45) is 0 Å². The molecule has 2 aliphatic rings. The number of aliphatic hydroxyl groups excluding tert-OH is 1. The van der Waals surface area contributed by atoms with Gasteiger partial charge >= 0.3 is 0 Å². The van der Waals surface area contributed by atoms with Gasteiger partial charge in [0.1, 0.15) is 0 Å². The number of rotatable bonds is 11. The highest BCUT2D eigenvalue weighted by molar-refractivity contribution is 7.89. The fraction of sp³-hybridized carbons (Fsp3) is 0.519. The Morgan fingerprint density at radius 1 is 1.11 bits per heavy atom. The molecule has 2 atom stereocenters. The summed E-state index contributed by atoms with van der Waals surface area (Å²) in [6.45, 7) is 2.95.